The summed E-state index contributed by atoms with van der Waals surface area (Å²) in [6.07, 6.45) is 7.60. The van der Waals surface area contributed by atoms with Gasteiger partial charge < -0.3 is 4.28 Å². The average molecular weight is 338 g/mol. The SMILES string of the molecule is C=C=C.C=C=C.[H-].[H-].[H-].[Os+3][C]1=CC=CC1. The first-order chi connectivity index (χ1) is 5.72. The van der Waals surface area contributed by atoms with Crippen molar-refractivity contribution in [2.24, 2.45) is 0 Å². The van der Waals surface area contributed by atoms with Gasteiger partial charge in [0.05, 0.1) is 0 Å². The Balaban J connectivity index is -0.0000000333. The van der Waals surface area contributed by atoms with E-state index in [4.69, 9.17) is 0 Å². The molecule has 0 unspecified atom stereocenters. The Labute approximate surface area is 89.8 Å². The van der Waals surface area contributed by atoms with Gasteiger partial charge in [0.25, 0.3) is 0 Å². The third-order valence-electron chi connectivity index (χ3n) is 0.717. The molecule has 0 spiro atoms. The van der Waals surface area contributed by atoms with E-state index >= 15 is 0 Å². The monoisotopic (exact) mass is 340 g/mol. The first-order valence-electron chi connectivity index (χ1n) is 3.31. The van der Waals surface area contributed by atoms with Crippen LogP contribution in [-0.2, 0) is 18.6 Å². The summed E-state index contributed by atoms with van der Waals surface area (Å²) >= 11 is 1.96. The van der Waals surface area contributed by atoms with Crippen molar-refractivity contribution >= 4 is 0 Å². The molecule has 1 aliphatic rings. The Hall–Kier alpha value is -0.844. The molecule has 0 bridgehead atoms. The van der Waals surface area contributed by atoms with E-state index in [1.807, 2.05) is 18.6 Å². The van der Waals surface area contributed by atoms with Crippen LogP contribution in [0.2, 0.25) is 0 Å². The summed E-state index contributed by atoms with van der Waals surface area (Å²) in [7, 11) is 0. The molecule has 12 heavy (non-hydrogen) atoms. The van der Waals surface area contributed by atoms with Gasteiger partial charge in [0, 0.05) is 0 Å². The van der Waals surface area contributed by atoms with Crippen molar-refractivity contribution < 1.29 is 22.9 Å². The molecule has 1 rings (SSSR count). The van der Waals surface area contributed by atoms with E-state index in [2.05, 4.69) is 56.0 Å². The van der Waals surface area contributed by atoms with Crippen molar-refractivity contribution in [3.8, 4) is 0 Å². The second-order valence-electron chi connectivity index (χ2n) is 1.73. The molecule has 0 heterocycles. The van der Waals surface area contributed by atoms with Crippen LogP contribution >= 0.6 is 0 Å². The van der Waals surface area contributed by atoms with Gasteiger partial charge in [-0.15, -0.1) is 11.5 Å². The van der Waals surface area contributed by atoms with Crippen LogP contribution in [0, 0.1) is 0 Å². The first-order valence-corrected chi connectivity index (χ1v) is 4.58. The molecular weight excluding hydrogens is 322 g/mol. The van der Waals surface area contributed by atoms with Crippen molar-refractivity contribution in [3.05, 3.63) is 60.1 Å². The van der Waals surface area contributed by atoms with Crippen molar-refractivity contribution in [2.45, 2.75) is 6.42 Å². The Kier molecular flexibility index (Phi) is 14.6. The second-order valence-corrected chi connectivity index (χ2v) is 3.36. The Morgan fingerprint density at radius 1 is 1.25 bits per heavy atom. The molecule has 0 aromatic rings. The summed E-state index contributed by atoms with van der Waals surface area (Å²) < 4.78 is 1.50. The molecule has 0 fully saturated rings. The summed E-state index contributed by atoms with van der Waals surface area (Å²) in [5, 5.41) is 0. The molecule has 0 aliphatic heterocycles. The summed E-state index contributed by atoms with van der Waals surface area (Å²) in [5.41, 5.74) is 4.50. The number of rotatable bonds is 0. The van der Waals surface area contributed by atoms with Gasteiger partial charge in [0.2, 0.25) is 0 Å². The first kappa shape index (κ1) is 13.7. The molecule has 0 aromatic carbocycles. The van der Waals surface area contributed by atoms with Crippen LogP contribution in [0.15, 0.2) is 60.1 Å². The van der Waals surface area contributed by atoms with Gasteiger partial charge in [-0.25, -0.2) is 0 Å². The number of allylic oxidation sites excluding steroid dienone is 4. The standard InChI is InChI=1S/C5H5.2C3H4.Os.3H/c1-2-4-5-3-1;2*1-3-2;;;;/h1-3H,4H2;2*1-2H2;;;;/q;;;+3;3*-1. The Morgan fingerprint density at radius 3 is 1.75 bits per heavy atom. The minimum atomic E-state index is 0. The average Bonchev–Trinajstić information content (AvgIpc) is 2.43. The fourth-order valence-corrected chi connectivity index (χ4v) is 0.960. The zero-order chi connectivity index (χ0) is 9.82. The van der Waals surface area contributed by atoms with E-state index in [0.717, 1.165) is 0 Å². The molecule has 0 nitrogen and oxygen atoms in total. The van der Waals surface area contributed by atoms with Crippen LogP contribution in [0.3, 0.4) is 0 Å². The fourth-order valence-electron chi connectivity index (χ4n) is 0.416. The van der Waals surface area contributed by atoms with Gasteiger partial charge in [-0.3, -0.25) is 0 Å². The van der Waals surface area contributed by atoms with Crippen molar-refractivity contribution in [1.29, 1.82) is 0 Å². The molecule has 0 amide bonds. The van der Waals surface area contributed by atoms with Crippen LogP contribution in [0.1, 0.15) is 10.7 Å². The third kappa shape index (κ3) is 16.1. The summed E-state index contributed by atoms with van der Waals surface area (Å²) in [6.45, 7) is 12.5. The molecule has 0 aromatic heterocycles. The molecule has 0 saturated heterocycles. The van der Waals surface area contributed by atoms with Gasteiger partial charge in [-0.2, -0.15) is 0 Å². The van der Waals surface area contributed by atoms with Crippen LogP contribution in [0.5, 0.6) is 0 Å². The van der Waals surface area contributed by atoms with Crippen LogP contribution in [0.4, 0.5) is 0 Å². The maximum absolute atomic E-state index is 3.12. The third-order valence-corrected chi connectivity index (χ3v) is 1.66. The quantitative estimate of drug-likeness (QED) is 0.592. The molecular formula is C11H16Os. The molecule has 0 N–H and O–H groups in total. The molecule has 1 aliphatic carbocycles. The van der Waals surface area contributed by atoms with Gasteiger partial charge in [-0.05, 0) is 0 Å². The summed E-state index contributed by atoms with van der Waals surface area (Å²) in [4.78, 5) is 0. The maximum atomic E-state index is 3.12. The minimum absolute atomic E-state index is 0. The van der Waals surface area contributed by atoms with Crippen molar-refractivity contribution in [3.63, 3.8) is 0 Å². The van der Waals surface area contributed by atoms with E-state index in [9.17, 15) is 0 Å². The predicted molar refractivity (Wildman–Crippen MR) is 54.7 cm³/mol. The summed E-state index contributed by atoms with van der Waals surface area (Å²) in [5.74, 6) is 0. The molecule has 0 radical (unpaired) electrons. The molecule has 68 valence electrons. The van der Waals surface area contributed by atoms with E-state index in [1.165, 1.54) is 10.5 Å². The van der Waals surface area contributed by atoms with Gasteiger partial charge in [0.15, 0.2) is 0 Å². The van der Waals surface area contributed by atoms with Crippen LogP contribution < -0.4 is 0 Å². The van der Waals surface area contributed by atoms with E-state index < -0.39 is 0 Å². The topological polar surface area (TPSA) is 0 Å². The molecule has 0 atom stereocenters. The molecule has 0 saturated carbocycles. The van der Waals surface area contributed by atoms with Gasteiger partial charge in [-0.1, -0.05) is 26.3 Å². The Morgan fingerprint density at radius 2 is 1.67 bits per heavy atom. The van der Waals surface area contributed by atoms with Gasteiger partial charge in [0.1, 0.15) is 0 Å². The zero-order valence-corrected chi connectivity index (χ0v) is 9.66. The normalized spacial score (nSPS) is 10.5. The number of hydrogen-bond acceptors (Lipinski definition) is 0. The van der Waals surface area contributed by atoms with Crippen molar-refractivity contribution in [1.82, 2.24) is 0 Å². The van der Waals surface area contributed by atoms with E-state index in [0.29, 0.717) is 0 Å². The molecule has 1 heteroatoms. The fraction of sp³-hybridized carbons (Fsp3) is 0.0909. The Bertz CT molecular complexity index is 218. The van der Waals surface area contributed by atoms with Gasteiger partial charge >= 0.3 is 47.4 Å². The number of hydrogen-bond donors (Lipinski definition) is 0. The van der Waals surface area contributed by atoms with E-state index in [-0.39, 0.29) is 4.28 Å². The second kappa shape index (κ2) is 12.8. The van der Waals surface area contributed by atoms with Crippen molar-refractivity contribution in [2.75, 3.05) is 0 Å². The zero-order valence-electron chi connectivity index (χ0n) is 10.1. The van der Waals surface area contributed by atoms with Crippen LogP contribution in [0.25, 0.3) is 0 Å². The van der Waals surface area contributed by atoms with Crippen LogP contribution in [-0.4, -0.2) is 0 Å². The summed E-state index contributed by atoms with van der Waals surface area (Å²) in [6, 6.07) is 0. The predicted octanol–water partition coefficient (Wildman–Crippen LogP) is 3.63. The van der Waals surface area contributed by atoms with E-state index in [1.54, 1.807) is 0 Å².